The molecule has 2 aromatic carbocycles. The number of ether oxygens (including phenoxy) is 1. The van der Waals surface area contributed by atoms with Crippen LogP contribution >= 0.6 is 0 Å². The highest BCUT2D eigenvalue weighted by Gasteiger charge is 2.08. The average Bonchev–Trinajstić information content (AvgIpc) is 2.64. The summed E-state index contributed by atoms with van der Waals surface area (Å²) in [7, 11) is 1.60. The fourth-order valence-electron chi connectivity index (χ4n) is 2.64. The van der Waals surface area contributed by atoms with Crippen molar-refractivity contribution < 1.29 is 19.7 Å². The van der Waals surface area contributed by atoms with Gasteiger partial charge < -0.3 is 20.3 Å². The molecular formula is C22H22N2O4. The number of phenolic OH excluding ortho intramolecular Hbond substituents is 2. The summed E-state index contributed by atoms with van der Waals surface area (Å²) in [6, 6.07) is 11.8. The van der Waals surface area contributed by atoms with Crippen molar-refractivity contribution in [1.82, 2.24) is 5.32 Å². The van der Waals surface area contributed by atoms with Crippen LogP contribution in [-0.2, 0) is 11.2 Å². The lowest BCUT2D eigenvalue weighted by molar-refractivity contribution is -0.117. The Kier molecular flexibility index (Phi) is 7.23. The number of aryl methyl sites for hydroxylation is 1. The quantitative estimate of drug-likeness (QED) is 0.390. The van der Waals surface area contributed by atoms with Crippen molar-refractivity contribution >= 4 is 12.0 Å². The first-order chi connectivity index (χ1) is 13.4. The first-order valence-corrected chi connectivity index (χ1v) is 8.66. The zero-order valence-electron chi connectivity index (χ0n) is 15.8. The number of amides is 1. The average molecular weight is 378 g/mol. The van der Waals surface area contributed by atoms with Crippen molar-refractivity contribution in [3.8, 4) is 23.3 Å². The first kappa shape index (κ1) is 20.6. The molecule has 0 atom stereocenters. The van der Waals surface area contributed by atoms with Crippen molar-refractivity contribution in [2.75, 3.05) is 13.7 Å². The van der Waals surface area contributed by atoms with E-state index in [-0.39, 0.29) is 17.1 Å². The van der Waals surface area contributed by atoms with Gasteiger partial charge in [0.15, 0.2) is 0 Å². The van der Waals surface area contributed by atoms with Crippen LogP contribution in [0.3, 0.4) is 0 Å². The molecule has 0 fully saturated rings. The fraction of sp³-hybridized carbons (Fsp3) is 0.182. The van der Waals surface area contributed by atoms with Crippen LogP contribution in [0.1, 0.15) is 16.7 Å². The number of methoxy groups -OCH3 is 1. The molecule has 3 N–H and O–H groups in total. The fourth-order valence-corrected chi connectivity index (χ4v) is 2.64. The van der Waals surface area contributed by atoms with Gasteiger partial charge in [-0.2, -0.15) is 5.26 Å². The van der Waals surface area contributed by atoms with Crippen LogP contribution in [0, 0.1) is 18.3 Å². The summed E-state index contributed by atoms with van der Waals surface area (Å²) in [4.78, 5) is 12.2. The van der Waals surface area contributed by atoms with Crippen molar-refractivity contribution in [2.45, 2.75) is 13.3 Å². The van der Waals surface area contributed by atoms with E-state index in [1.165, 1.54) is 30.4 Å². The number of aromatic hydroxyl groups is 2. The molecule has 1 amide bonds. The molecule has 2 rings (SSSR count). The molecule has 6 heteroatoms. The smallest absolute Gasteiger partial charge is 0.261 e. The van der Waals surface area contributed by atoms with Crippen molar-refractivity contribution in [1.29, 1.82) is 5.26 Å². The van der Waals surface area contributed by atoms with Crippen molar-refractivity contribution in [3.63, 3.8) is 0 Å². The number of hydrogen-bond donors (Lipinski definition) is 3. The van der Waals surface area contributed by atoms with Gasteiger partial charge in [0.2, 0.25) is 0 Å². The topological polar surface area (TPSA) is 103 Å². The van der Waals surface area contributed by atoms with Gasteiger partial charge in [-0.05, 0) is 48.7 Å². The molecule has 28 heavy (non-hydrogen) atoms. The van der Waals surface area contributed by atoms with E-state index in [4.69, 9.17) is 4.74 Å². The number of rotatable bonds is 7. The second kappa shape index (κ2) is 9.83. The highest BCUT2D eigenvalue weighted by atomic mass is 16.5. The summed E-state index contributed by atoms with van der Waals surface area (Å²) in [5.41, 5.74) is 2.58. The molecule has 6 nitrogen and oxygen atoms in total. The molecule has 0 spiro atoms. The van der Waals surface area contributed by atoms with Gasteiger partial charge in [-0.15, -0.1) is 0 Å². The van der Waals surface area contributed by atoms with Crippen LogP contribution < -0.4 is 10.1 Å². The number of nitrogens with one attached hydrogen (secondary N) is 1. The molecule has 2 aromatic rings. The molecular weight excluding hydrogens is 356 g/mol. The van der Waals surface area contributed by atoms with Crippen LogP contribution in [0.2, 0.25) is 0 Å². The second-order valence-corrected chi connectivity index (χ2v) is 6.16. The number of hydrogen-bond acceptors (Lipinski definition) is 5. The van der Waals surface area contributed by atoms with Gasteiger partial charge in [0.1, 0.15) is 28.9 Å². The monoisotopic (exact) mass is 378 g/mol. The van der Waals surface area contributed by atoms with Gasteiger partial charge >= 0.3 is 0 Å². The lowest BCUT2D eigenvalue weighted by Crippen LogP contribution is -2.26. The molecule has 0 saturated heterocycles. The van der Waals surface area contributed by atoms with Gasteiger partial charge in [-0.1, -0.05) is 29.8 Å². The minimum Gasteiger partial charge on any atom is -0.508 e. The third kappa shape index (κ3) is 5.92. The van der Waals surface area contributed by atoms with E-state index in [0.29, 0.717) is 18.5 Å². The van der Waals surface area contributed by atoms with E-state index >= 15 is 0 Å². The Balaban J connectivity index is 1.98. The molecule has 0 aliphatic carbocycles. The van der Waals surface area contributed by atoms with Crippen LogP contribution in [0.4, 0.5) is 0 Å². The SMILES string of the molecule is COc1ccc(C)cc1CCNC(=O)/C(C#N)=C/C=C/c1cc(O)cc(O)c1. The summed E-state index contributed by atoms with van der Waals surface area (Å²) < 4.78 is 5.32. The predicted octanol–water partition coefficient (Wildman–Crippen LogP) is 3.24. The highest BCUT2D eigenvalue weighted by Crippen LogP contribution is 2.21. The Morgan fingerprint density at radius 3 is 2.57 bits per heavy atom. The normalized spacial score (nSPS) is 11.2. The maximum Gasteiger partial charge on any atom is 0.261 e. The zero-order chi connectivity index (χ0) is 20.5. The number of nitrogens with zero attached hydrogens (tertiary/aromatic N) is 1. The molecule has 0 bridgehead atoms. The zero-order valence-corrected chi connectivity index (χ0v) is 15.8. The summed E-state index contributed by atoms with van der Waals surface area (Å²) in [5.74, 6) is 0.132. The van der Waals surface area contributed by atoms with Crippen molar-refractivity contribution in [2.24, 2.45) is 0 Å². The van der Waals surface area contributed by atoms with Gasteiger partial charge in [0.05, 0.1) is 7.11 Å². The Morgan fingerprint density at radius 1 is 1.21 bits per heavy atom. The van der Waals surface area contributed by atoms with E-state index in [1.807, 2.05) is 31.2 Å². The molecule has 0 aliphatic heterocycles. The molecule has 0 radical (unpaired) electrons. The standard InChI is InChI=1S/C22H22N2O4/c1-15-6-7-21(28-2)17(10-15)8-9-24-22(27)18(14-23)5-3-4-16-11-19(25)13-20(26)12-16/h3-7,10-13,25-26H,8-9H2,1-2H3,(H,24,27)/b4-3+,18-5+. The van der Waals surface area contributed by atoms with Gasteiger partial charge in [0.25, 0.3) is 5.91 Å². The van der Waals surface area contributed by atoms with Crippen LogP contribution in [0.15, 0.2) is 54.1 Å². The Bertz CT molecular complexity index is 935. The summed E-state index contributed by atoms with van der Waals surface area (Å²) >= 11 is 0. The number of carbonyl (C=O) groups is 1. The second-order valence-electron chi connectivity index (χ2n) is 6.16. The van der Waals surface area contributed by atoms with Gasteiger partial charge in [0, 0.05) is 12.6 Å². The highest BCUT2D eigenvalue weighted by molar-refractivity contribution is 5.97. The number of nitriles is 1. The summed E-state index contributed by atoms with van der Waals surface area (Å²) in [5, 5.41) is 30.8. The Morgan fingerprint density at radius 2 is 1.93 bits per heavy atom. The maximum atomic E-state index is 12.2. The minimum absolute atomic E-state index is 0.0446. The number of phenols is 2. The van der Waals surface area contributed by atoms with Gasteiger partial charge in [-0.25, -0.2) is 0 Å². The number of allylic oxidation sites excluding steroid dienone is 2. The van der Waals surface area contributed by atoms with E-state index in [9.17, 15) is 20.3 Å². The molecule has 144 valence electrons. The predicted molar refractivity (Wildman–Crippen MR) is 107 cm³/mol. The van der Waals surface area contributed by atoms with E-state index in [1.54, 1.807) is 13.2 Å². The molecule has 0 heterocycles. The summed E-state index contributed by atoms with van der Waals surface area (Å²) in [6.07, 6.45) is 5.04. The van der Waals surface area contributed by atoms with Crippen LogP contribution in [0.5, 0.6) is 17.2 Å². The maximum absolute atomic E-state index is 12.2. The lowest BCUT2D eigenvalue weighted by Gasteiger charge is -2.10. The molecule has 0 aromatic heterocycles. The molecule has 0 aliphatic rings. The Hall–Kier alpha value is -3.72. The van der Waals surface area contributed by atoms with E-state index in [2.05, 4.69) is 5.32 Å². The lowest BCUT2D eigenvalue weighted by atomic mass is 10.1. The minimum atomic E-state index is -0.475. The van der Waals surface area contributed by atoms with Crippen molar-refractivity contribution in [3.05, 3.63) is 70.8 Å². The van der Waals surface area contributed by atoms with Gasteiger partial charge in [-0.3, -0.25) is 4.79 Å². The molecule has 0 saturated carbocycles. The van der Waals surface area contributed by atoms with Crippen LogP contribution in [-0.4, -0.2) is 29.8 Å². The first-order valence-electron chi connectivity index (χ1n) is 8.66. The van der Waals surface area contributed by atoms with E-state index in [0.717, 1.165) is 16.9 Å². The summed E-state index contributed by atoms with van der Waals surface area (Å²) in [6.45, 7) is 2.35. The largest absolute Gasteiger partial charge is 0.508 e. The molecule has 0 unspecified atom stereocenters. The Labute approximate surface area is 164 Å². The third-order valence-corrected chi connectivity index (χ3v) is 3.96. The number of carbonyl (C=O) groups excluding carboxylic acids is 1. The third-order valence-electron chi connectivity index (χ3n) is 3.96. The van der Waals surface area contributed by atoms with E-state index < -0.39 is 5.91 Å². The number of benzene rings is 2. The van der Waals surface area contributed by atoms with Crippen LogP contribution in [0.25, 0.3) is 6.08 Å².